The lowest BCUT2D eigenvalue weighted by atomic mass is 9.78. The van der Waals surface area contributed by atoms with E-state index in [9.17, 15) is 19.4 Å². The number of hydrogen-bond acceptors (Lipinski definition) is 8. The molecule has 2 N–H and O–H groups in total. The Balaban J connectivity index is 1.35. The summed E-state index contributed by atoms with van der Waals surface area (Å²) in [7, 11) is -2.11. The number of benzene rings is 2. The number of fused-ring (bicyclic) bond motifs is 2. The summed E-state index contributed by atoms with van der Waals surface area (Å²) in [5.74, 6) is -0.838. The van der Waals surface area contributed by atoms with E-state index in [0.29, 0.717) is 22.8 Å². The zero-order chi connectivity index (χ0) is 19.7. The fourth-order valence-electron chi connectivity index (χ4n) is 3.00. The molecule has 0 atom stereocenters. The molecule has 2 aliphatic heterocycles. The second-order valence-corrected chi connectivity index (χ2v) is 6.19. The highest BCUT2D eigenvalue weighted by molar-refractivity contribution is 6.64. The predicted octanol–water partition coefficient (Wildman–Crippen LogP) is -0.560. The molecule has 0 aliphatic carbocycles. The first-order chi connectivity index (χ1) is 13.5. The summed E-state index contributed by atoms with van der Waals surface area (Å²) in [5, 5.41) is 9.68. The molecule has 0 fully saturated rings. The van der Waals surface area contributed by atoms with Gasteiger partial charge in [0.05, 0.1) is 18.8 Å². The second kappa shape index (κ2) is 7.47. The minimum atomic E-state index is -1.10. The van der Waals surface area contributed by atoms with E-state index in [1.165, 1.54) is 12.1 Å². The Morgan fingerprint density at radius 3 is 2.64 bits per heavy atom. The Hall–Kier alpha value is -3.14. The molecule has 140 valence electrons. The number of nitrogens with one attached hydrogen (secondary N) is 1. The molecule has 2 heterocycles. The molecule has 0 saturated heterocycles. The van der Waals surface area contributed by atoms with Crippen molar-refractivity contribution < 1.29 is 38.2 Å². The predicted molar refractivity (Wildman–Crippen MR) is 95.9 cm³/mol. The van der Waals surface area contributed by atoms with Crippen LogP contribution in [0.4, 0.5) is 4.79 Å². The van der Waals surface area contributed by atoms with Crippen LogP contribution in [-0.4, -0.2) is 37.6 Å². The Labute approximate surface area is 159 Å². The maximum absolute atomic E-state index is 12.1. The van der Waals surface area contributed by atoms with E-state index in [0.717, 1.165) is 11.1 Å². The molecule has 2 aromatic carbocycles. The van der Waals surface area contributed by atoms with Crippen molar-refractivity contribution in [2.45, 2.75) is 13.2 Å². The van der Waals surface area contributed by atoms with Gasteiger partial charge in [0.1, 0.15) is 6.29 Å². The normalized spacial score (nSPS) is 14.3. The average Bonchev–Trinajstić information content (AvgIpc) is 3.29. The molecule has 0 spiro atoms. The minimum Gasteiger partial charge on any atom is -0.487 e. The maximum atomic E-state index is 12.1. The molecular weight excluding hydrogens is 368 g/mol. The molecule has 0 saturated carbocycles. The molecule has 0 radical (unpaired) electrons. The van der Waals surface area contributed by atoms with Gasteiger partial charge in [-0.05, 0) is 28.7 Å². The van der Waals surface area contributed by atoms with E-state index >= 15 is 0 Å². The molecule has 0 bridgehead atoms. The van der Waals surface area contributed by atoms with Crippen LogP contribution < -0.4 is 16.4 Å². The molecule has 9 nitrogen and oxygen atoms in total. The van der Waals surface area contributed by atoms with E-state index in [2.05, 4.69) is 0 Å². The van der Waals surface area contributed by atoms with Gasteiger partial charge in [0.2, 0.25) is 0 Å². The topological polar surface area (TPSA) is 120 Å². The van der Waals surface area contributed by atoms with Crippen molar-refractivity contribution in [2.75, 3.05) is 0 Å². The van der Waals surface area contributed by atoms with E-state index in [4.69, 9.17) is 18.8 Å². The molecule has 2 aliphatic rings. The number of hydrogen-bond donors (Lipinski definition) is 2. The van der Waals surface area contributed by atoms with Gasteiger partial charge in [0.15, 0.2) is 0 Å². The summed E-state index contributed by atoms with van der Waals surface area (Å²) in [6.45, 7) is 0.483. The van der Waals surface area contributed by atoms with Crippen LogP contribution in [0, 0.1) is 0 Å². The fourth-order valence-corrected chi connectivity index (χ4v) is 3.00. The highest BCUT2D eigenvalue weighted by Gasteiger charge is 2.35. The molecular formula is C17H13B2NO8. The molecule has 0 aromatic heterocycles. The standard InChI is InChI=1S/C17H13B2NO8/c21-7-10-1-2-13-9-26-19(15(13)5-10)27-17(23)20-28-16(22)11-3-4-12-8-25-18(24)14(12)6-11/h1-7,24H,8-9H2,(H,20,23). The van der Waals surface area contributed by atoms with Gasteiger partial charge in [-0.25, -0.2) is 9.59 Å². The van der Waals surface area contributed by atoms with E-state index in [1.807, 2.05) is 5.48 Å². The summed E-state index contributed by atoms with van der Waals surface area (Å²) in [6, 6.07) is 9.47. The zero-order valence-electron chi connectivity index (χ0n) is 14.4. The van der Waals surface area contributed by atoms with Crippen LogP contribution in [0.3, 0.4) is 0 Å². The van der Waals surface area contributed by atoms with Crippen LogP contribution in [0.2, 0.25) is 0 Å². The van der Waals surface area contributed by atoms with Gasteiger partial charge in [-0.2, -0.15) is 5.48 Å². The first-order valence-electron chi connectivity index (χ1n) is 8.35. The Bertz CT molecular complexity index is 966. The van der Waals surface area contributed by atoms with Gasteiger partial charge in [-0.1, -0.05) is 24.3 Å². The number of amides is 1. The van der Waals surface area contributed by atoms with E-state index in [-0.39, 0.29) is 18.8 Å². The van der Waals surface area contributed by atoms with Gasteiger partial charge in [-0.15, -0.1) is 0 Å². The summed E-state index contributed by atoms with van der Waals surface area (Å²) in [6.07, 6.45) is -0.358. The van der Waals surface area contributed by atoms with Gasteiger partial charge < -0.3 is 23.8 Å². The monoisotopic (exact) mass is 381 g/mol. The van der Waals surface area contributed by atoms with Crippen molar-refractivity contribution >= 4 is 43.5 Å². The summed E-state index contributed by atoms with van der Waals surface area (Å²) < 4.78 is 15.5. The molecule has 28 heavy (non-hydrogen) atoms. The largest absolute Gasteiger partial charge is 0.566 e. The summed E-state index contributed by atoms with van der Waals surface area (Å²) in [5.41, 5.74) is 5.03. The summed E-state index contributed by atoms with van der Waals surface area (Å²) in [4.78, 5) is 39.6. The van der Waals surface area contributed by atoms with Crippen molar-refractivity contribution in [3.8, 4) is 0 Å². The molecule has 0 unspecified atom stereocenters. The fraction of sp³-hybridized carbons (Fsp3) is 0.118. The Morgan fingerprint density at radius 1 is 1.07 bits per heavy atom. The van der Waals surface area contributed by atoms with Crippen LogP contribution in [0.15, 0.2) is 36.4 Å². The lowest BCUT2D eigenvalue weighted by molar-refractivity contribution is 0.0265. The van der Waals surface area contributed by atoms with Crippen LogP contribution in [0.5, 0.6) is 0 Å². The van der Waals surface area contributed by atoms with Gasteiger partial charge in [0.25, 0.3) is 0 Å². The third kappa shape index (κ3) is 3.50. The van der Waals surface area contributed by atoms with Gasteiger partial charge in [-0.3, -0.25) is 4.79 Å². The lowest BCUT2D eigenvalue weighted by Gasteiger charge is -2.10. The van der Waals surface area contributed by atoms with Crippen LogP contribution in [0.1, 0.15) is 31.8 Å². The first-order valence-corrected chi connectivity index (χ1v) is 8.35. The van der Waals surface area contributed by atoms with Crippen LogP contribution in [0.25, 0.3) is 0 Å². The maximum Gasteiger partial charge on any atom is 0.566 e. The zero-order valence-corrected chi connectivity index (χ0v) is 14.4. The van der Waals surface area contributed by atoms with Crippen molar-refractivity contribution in [1.29, 1.82) is 0 Å². The molecule has 2 aromatic rings. The van der Waals surface area contributed by atoms with Crippen molar-refractivity contribution in [2.24, 2.45) is 0 Å². The van der Waals surface area contributed by atoms with E-state index < -0.39 is 26.3 Å². The van der Waals surface area contributed by atoms with Crippen LogP contribution >= 0.6 is 0 Å². The molecule has 11 heteroatoms. The summed E-state index contributed by atoms with van der Waals surface area (Å²) >= 11 is 0. The Morgan fingerprint density at radius 2 is 1.82 bits per heavy atom. The Kier molecular flexibility index (Phi) is 4.86. The third-order valence-electron chi connectivity index (χ3n) is 4.44. The number of rotatable bonds is 3. The number of carbonyl (C=O) groups excluding carboxylic acids is 3. The van der Waals surface area contributed by atoms with Crippen molar-refractivity contribution in [3.05, 3.63) is 58.7 Å². The SMILES string of the molecule is O=Cc1ccc2c(c1)B(OC(=O)NOC(=O)c1ccc3c(c1)B(O)OC3)OC2. The first kappa shape index (κ1) is 18.2. The highest BCUT2D eigenvalue weighted by atomic mass is 16.7. The minimum absolute atomic E-state index is 0.127. The molecule has 1 amide bonds. The number of aldehydes is 1. The smallest absolute Gasteiger partial charge is 0.487 e. The highest BCUT2D eigenvalue weighted by Crippen LogP contribution is 2.14. The molecule has 4 rings (SSSR count). The quantitative estimate of drug-likeness (QED) is 0.413. The number of carbonyl (C=O) groups is 3. The van der Waals surface area contributed by atoms with E-state index in [1.54, 1.807) is 24.3 Å². The number of hydroxylamine groups is 1. The average molecular weight is 381 g/mol. The third-order valence-corrected chi connectivity index (χ3v) is 4.44. The van der Waals surface area contributed by atoms with Crippen molar-refractivity contribution in [1.82, 2.24) is 5.48 Å². The van der Waals surface area contributed by atoms with Gasteiger partial charge in [0, 0.05) is 11.0 Å². The lowest BCUT2D eigenvalue weighted by Crippen LogP contribution is -2.39. The van der Waals surface area contributed by atoms with Crippen LogP contribution in [-0.2, 0) is 32.0 Å². The second-order valence-electron chi connectivity index (χ2n) is 6.19. The van der Waals surface area contributed by atoms with Gasteiger partial charge >= 0.3 is 26.3 Å². The van der Waals surface area contributed by atoms with Crippen molar-refractivity contribution in [3.63, 3.8) is 0 Å².